The summed E-state index contributed by atoms with van der Waals surface area (Å²) in [5, 5.41) is 13.7. The van der Waals surface area contributed by atoms with Crippen molar-refractivity contribution in [3.8, 4) is 6.07 Å². The molecule has 1 aliphatic carbocycles. The molecule has 0 aliphatic heterocycles. The van der Waals surface area contributed by atoms with Gasteiger partial charge < -0.3 is 10.3 Å². The Morgan fingerprint density at radius 3 is 2.78 bits per heavy atom. The smallest absolute Gasteiger partial charge is 0.304 e. The molecule has 1 fully saturated rings. The molecule has 0 aromatic carbocycles. The van der Waals surface area contributed by atoms with Crippen molar-refractivity contribution < 1.29 is 4.79 Å². The Labute approximate surface area is 109 Å². The third kappa shape index (κ3) is 2.62. The molecule has 0 bridgehead atoms. The Morgan fingerprint density at radius 1 is 1.50 bits per heavy atom. The Kier molecular flexibility index (Phi) is 3.82. The van der Waals surface area contributed by atoms with Crippen molar-refractivity contribution in [2.75, 3.05) is 0 Å². The van der Waals surface area contributed by atoms with Crippen molar-refractivity contribution >= 4 is 17.2 Å². The van der Waals surface area contributed by atoms with Crippen LogP contribution in [0.2, 0.25) is 0 Å². The van der Waals surface area contributed by atoms with E-state index < -0.39 is 5.41 Å². The van der Waals surface area contributed by atoms with Gasteiger partial charge in [0, 0.05) is 11.1 Å². The lowest BCUT2D eigenvalue weighted by Gasteiger charge is -2.29. The van der Waals surface area contributed by atoms with Gasteiger partial charge in [-0.05, 0) is 12.8 Å². The Hall–Kier alpha value is -1.61. The second kappa shape index (κ2) is 5.36. The molecule has 6 heteroatoms. The number of hydrogen-bond donors (Lipinski definition) is 2. The number of aromatic amines is 1. The molecule has 2 rings (SSSR count). The van der Waals surface area contributed by atoms with Crippen molar-refractivity contribution in [3.05, 3.63) is 20.7 Å². The summed E-state index contributed by atoms with van der Waals surface area (Å²) in [6.45, 7) is 0.279. The number of rotatable bonds is 3. The number of nitrogens with one attached hydrogen (secondary N) is 2. The summed E-state index contributed by atoms with van der Waals surface area (Å²) >= 11 is 1.07. The zero-order valence-corrected chi connectivity index (χ0v) is 10.8. The first kappa shape index (κ1) is 12.8. The van der Waals surface area contributed by atoms with Crippen LogP contribution in [0.15, 0.2) is 10.2 Å². The van der Waals surface area contributed by atoms with Crippen LogP contribution < -0.4 is 10.2 Å². The minimum absolute atomic E-state index is 0.132. The topological polar surface area (TPSA) is 85.8 Å². The number of nitriles is 1. The van der Waals surface area contributed by atoms with Gasteiger partial charge >= 0.3 is 4.87 Å². The molecule has 0 unspecified atom stereocenters. The summed E-state index contributed by atoms with van der Waals surface area (Å²) in [4.78, 5) is 25.6. The molecule has 1 saturated carbocycles. The average molecular weight is 265 g/mol. The number of carbonyl (C=O) groups is 1. The van der Waals surface area contributed by atoms with Gasteiger partial charge in [-0.1, -0.05) is 30.6 Å². The molecule has 18 heavy (non-hydrogen) atoms. The summed E-state index contributed by atoms with van der Waals surface area (Å²) in [6, 6.07) is 2.18. The first-order valence-electron chi connectivity index (χ1n) is 6.02. The van der Waals surface area contributed by atoms with E-state index in [0.717, 1.165) is 30.6 Å². The zero-order valence-electron chi connectivity index (χ0n) is 9.99. The SMILES string of the molecule is N#CC1(C(=O)NCc2csc(=O)[nH]2)CCCCC1. The van der Waals surface area contributed by atoms with Crippen LogP contribution in [0.1, 0.15) is 37.8 Å². The molecule has 96 valence electrons. The molecule has 1 heterocycles. The normalized spacial score (nSPS) is 17.9. The maximum Gasteiger partial charge on any atom is 0.304 e. The highest BCUT2D eigenvalue weighted by Crippen LogP contribution is 2.35. The fourth-order valence-corrected chi connectivity index (χ4v) is 2.87. The largest absolute Gasteiger partial charge is 0.349 e. The van der Waals surface area contributed by atoms with E-state index >= 15 is 0 Å². The number of aromatic nitrogens is 1. The molecule has 0 spiro atoms. The standard InChI is InChI=1S/C12H15N3O2S/c13-8-12(4-2-1-3-5-12)10(16)14-6-9-7-18-11(17)15-9/h7H,1-6H2,(H,14,16)(H,15,17). The fourth-order valence-electron chi connectivity index (χ4n) is 2.29. The maximum absolute atomic E-state index is 12.1. The van der Waals surface area contributed by atoms with Crippen LogP contribution in [0, 0.1) is 16.7 Å². The van der Waals surface area contributed by atoms with Crippen LogP contribution in [-0.4, -0.2) is 10.9 Å². The van der Waals surface area contributed by atoms with Crippen LogP contribution in [0.3, 0.4) is 0 Å². The molecule has 1 aliphatic rings. The molecule has 1 aromatic rings. The van der Waals surface area contributed by atoms with Gasteiger partial charge in [0.15, 0.2) is 0 Å². The minimum Gasteiger partial charge on any atom is -0.349 e. The van der Waals surface area contributed by atoms with E-state index in [4.69, 9.17) is 0 Å². The average Bonchev–Trinajstić information content (AvgIpc) is 2.82. The van der Waals surface area contributed by atoms with Gasteiger partial charge in [0.25, 0.3) is 0 Å². The number of hydrogen-bond acceptors (Lipinski definition) is 4. The van der Waals surface area contributed by atoms with E-state index in [9.17, 15) is 14.9 Å². The lowest BCUT2D eigenvalue weighted by molar-refractivity contribution is -0.129. The van der Waals surface area contributed by atoms with Crippen molar-refractivity contribution in [1.82, 2.24) is 10.3 Å². The first-order chi connectivity index (χ1) is 8.66. The van der Waals surface area contributed by atoms with Gasteiger partial charge in [0.2, 0.25) is 5.91 Å². The highest BCUT2D eigenvalue weighted by atomic mass is 32.1. The molecule has 0 saturated heterocycles. The molecule has 0 atom stereocenters. The highest BCUT2D eigenvalue weighted by molar-refractivity contribution is 7.07. The Balaban J connectivity index is 1.98. The predicted octanol–water partition coefficient (Wildman–Crippen LogP) is 1.53. The third-order valence-electron chi connectivity index (χ3n) is 3.37. The number of amides is 1. The first-order valence-corrected chi connectivity index (χ1v) is 6.90. The molecule has 1 aromatic heterocycles. The van der Waals surface area contributed by atoms with E-state index in [1.807, 2.05) is 0 Å². The molecule has 1 amide bonds. The van der Waals surface area contributed by atoms with Gasteiger partial charge in [-0.3, -0.25) is 9.59 Å². The van der Waals surface area contributed by atoms with E-state index in [-0.39, 0.29) is 17.3 Å². The summed E-state index contributed by atoms with van der Waals surface area (Å²) in [5.74, 6) is -0.211. The Bertz CT molecular complexity index is 520. The van der Waals surface area contributed by atoms with Crippen LogP contribution in [0.5, 0.6) is 0 Å². The summed E-state index contributed by atoms with van der Waals surface area (Å²) in [5.41, 5.74) is -0.184. The summed E-state index contributed by atoms with van der Waals surface area (Å²) in [7, 11) is 0. The number of carbonyl (C=O) groups excluding carboxylic acids is 1. The van der Waals surface area contributed by atoms with Gasteiger partial charge in [-0.25, -0.2) is 0 Å². The summed E-state index contributed by atoms with van der Waals surface area (Å²) in [6.07, 6.45) is 4.21. The number of nitrogens with zero attached hydrogens (tertiary/aromatic N) is 1. The molecular formula is C12H15N3O2S. The predicted molar refractivity (Wildman–Crippen MR) is 67.9 cm³/mol. The monoisotopic (exact) mass is 265 g/mol. The van der Waals surface area contributed by atoms with E-state index in [1.165, 1.54) is 0 Å². The van der Waals surface area contributed by atoms with Crippen LogP contribution in [-0.2, 0) is 11.3 Å². The second-order valence-electron chi connectivity index (χ2n) is 4.61. The zero-order chi connectivity index (χ0) is 13.0. The van der Waals surface area contributed by atoms with Gasteiger partial charge in [0.05, 0.1) is 12.6 Å². The van der Waals surface area contributed by atoms with Gasteiger partial charge in [-0.15, -0.1) is 0 Å². The fraction of sp³-hybridized carbons (Fsp3) is 0.583. The van der Waals surface area contributed by atoms with E-state index in [1.54, 1.807) is 5.38 Å². The van der Waals surface area contributed by atoms with E-state index in [2.05, 4.69) is 16.4 Å². The van der Waals surface area contributed by atoms with Crippen molar-refractivity contribution in [3.63, 3.8) is 0 Å². The maximum atomic E-state index is 12.1. The van der Waals surface area contributed by atoms with Crippen LogP contribution in [0.25, 0.3) is 0 Å². The summed E-state index contributed by atoms with van der Waals surface area (Å²) < 4.78 is 0. The van der Waals surface area contributed by atoms with Crippen molar-refractivity contribution in [1.29, 1.82) is 5.26 Å². The molecule has 5 nitrogen and oxygen atoms in total. The van der Waals surface area contributed by atoms with Gasteiger partial charge in [0.1, 0.15) is 5.41 Å². The van der Waals surface area contributed by atoms with Crippen molar-refractivity contribution in [2.24, 2.45) is 5.41 Å². The van der Waals surface area contributed by atoms with Gasteiger partial charge in [-0.2, -0.15) is 5.26 Å². The number of H-pyrrole nitrogens is 1. The Morgan fingerprint density at radius 2 is 2.22 bits per heavy atom. The molecular weight excluding hydrogens is 250 g/mol. The lowest BCUT2D eigenvalue weighted by atomic mass is 9.74. The lowest BCUT2D eigenvalue weighted by Crippen LogP contribution is -2.41. The van der Waals surface area contributed by atoms with Crippen LogP contribution >= 0.6 is 11.3 Å². The third-order valence-corrected chi connectivity index (χ3v) is 4.08. The highest BCUT2D eigenvalue weighted by Gasteiger charge is 2.39. The van der Waals surface area contributed by atoms with E-state index in [0.29, 0.717) is 18.5 Å². The van der Waals surface area contributed by atoms with Crippen LogP contribution in [0.4, 0.5) is 0 Å². The molecule has 2 N–H and O–H groups in total. The molecule has 0 radical (unpaired) electrons. The quantitative estimate of drug-likeness (QED) is 0.869. The minimum atomic E-state index is -0.867. The second-order valence-corrected chi connectivity index (χ2v) is 5.45. The van der Waals surface area contributed by atoms with Crippen molar-refractivity contribution in [2.45, 2.75) is 38.6 Å². The number of thiazole rings is 1.